The van der Waals surface area contributed by atoms with Crippen molar-refractivity contribution in [1.82, 2.24) is 4.98 Å². The van der Waals surface area contributed by atoms with Crippen LogP contribution in [0, 0.1) is 5.41 Å². The fourth-order valence-corrected chi connectivity index (χ4v) is 3.64. The van der Waals surface area contributed by atoms with Gasteiger partial charge in [-0.3, -0.25) is 10.2 Å². The van der Waals surface area contributed by atoms with Crippen LogP contribution in [-0.2, 0) is 0 Å². The molecule has 0 unspecified atom stereocenters. The molecule has 26 heavy (non-hydrogen) atoms. The summed E-state index contributed by atoms with van der Waals surface area (Å²) in [7, 11) is 0. The van der Waals surface area contributed by atoms with Crippen molar-refractivity contribution in [3.05, 3.63) is 58.0 Å². The average molecular weight is 372 g/mol. The summed E-state index contributed by atoms with van der Waals surface area (Å²) in [6.45, 7) is 2.01. The van der Waals surface area contributed by atoms with E-state index in [1.54, 1.807) is 24.4 Å². The molecule has 1 aliphatic carbocycles. The zero-order valence-corrected chi connectivity index (χ0v) is 15.8. The molecule has 6 heteroatoms. The van der Waals surface area contributed by atoms with Crippen molar-refractivity contribution >= 4 is 24.0 Å². The largest absolute Gasteiger partial charge is 0.390 e. The number of aromatic nitrogens is 1. The van der Waals surface area contributed by atoms with Gasteiger partial charge in [-0.05, 0) is 50.3 Å². The molecule has 1 fully saturated rings. The lowest BCUT2D eigenvalue weighted by Gasteiger charge is -2.36. The molecule has 0 bridgehead atoms. The van der Waals surface area contributed by atoms with Crippen LogP contribution in [0.25, 0.3) is 0 Å². The lowest BCUT2D eigenvalue weighted by molar-refractivity contribution is -0.00192. The van der Waals surface area contributed by atoms with Crippen LogP contribution < -0.4 is 10.9 Å². The molecule has 5 nitrogen and oxygen atoms in total. The summed E-state index contributed by atoms with van der Waals surface area (Å²) in [5.41, 5.74) is 1.03. The van der Waals surface area contributed by atoms with Crippen molar-refractivity contribution in [3.8, 4) is 0 Å². The second-order valence-corrected chi connectivity index (χ2v) is 7.53. The maximum atomic E-state index is 12.4. The van der Waals surface area contributed by atoms with E-state index in [4.69, 9.17) is 5.41 Å². The van der Waals surface area contributed by atoms with Crippen molar-refractivity contribution in [3.63, 3.8) is 0 Å². The molecule has 1 heterocycles. The second kappa shape index (κ2) is 7.68. The Labute approximate surface area is 158 Å². The number of aromatic amines is 1. The minimum atomic E-state index is -0.559. The van der Waals surface area contributed by atoms with Crippen molar-refractivity contribution < 1.29 is 5.11 Å². The van der Waals surface area contributed by atoms with E-state index in [0.717, 1.165) is 37.0 Å². The molecule has 0 radical (unpaired) electrons. The fraction of sp³-hybridized carbons (Fsp3) is 0.400. The number of aliphatic hydroxyl groups is 1. The number of thiol groups is 1. The Morgan fingerprint density at radius 2 is 1.96 bits per heavy atom. The van der Waals surface area contributed by atoms with E-state index in [-0.39, 0.29) is 17.3 Å². The average Bonchev–Trinajstić information content (AvgIpc) is 2.64. The second-order valence-electron chi connectivity index (χ2n) is 7.01. The van der Waals surface area contributed by atoms with E-state index in [1.165, 1.54) is 0 Å². The van der Waals surface area contributed by atoms with E-state index in [9.17, 15) is 9.90 Å². The van der Waals surface area contributed by atoms with Crippen LogP contribution in [0.3, 0.4) is 0 Å². The summed E-state index contributed by atoms with van der Waals surface area (Å²) < 4.78 is 0. The van der Waals surface area contributed by atoms with Gasteiger partial charge in [0.2, 0.25) is 0 Å². The number of benzene rings is 1. The first-order valence-electron chi connectivity index (χ1n) is 9.01. The molecule has 1 saturated carbocycles. The number of pyridine rings is 1. The van der Waals surface area contributed by atoms with E-state index in [2.05, 4.69) is 22.9 Å². The third-order valence-corrected chi connectivity index (χ3v) is 5.60. The van der Waals surface area contributed by atoms with Crippen LogP contribution in [0.2, 0.25) is 0 Å². The quantitative estimate of drug-likeness (QED) is 0.411. The molecule has 4 N–H and O–H groups in total. The van der Waals surface area contributed by atoms with Gasteiger partial charge in [0.25, 0.3) is 5.56 Å². The van der Waals surface area contributed by atoms with Gasteiger partial charge in [0.1, 0.15) is 0 Å². The number of anilines is 1. The SMILES string of the molecule is CCC1(O)CCC(Nc2cc[nH]c(=O)c2C(=N)c2ccc(S)cc2)CC1. The molecule has 138 valence electrons. The highest BCUT2D eigenvalue weighted by Crippen LogP contribution is 2.32. The first-order chi connectivity index (χ1) is 12.4. The van der Waals surface area contributed by atoms with Crippen LogP contribution in [0.4, 0.5) is 5.69 Å². The topological polar surface area (TPSA) is 89.0 Å². The van der Waals surface area contributed by atoms with Gasteiger partial charge in [0.15, 0.2) is 0 Å². The molecule has 1 aromatic carbocycles. The Hall–Kier alpha value is -2.05. The van der Waals surface area contributed by atoms with E-state index in [1.807, 2.05) is 19.1 Å². The molecule has 2 aromatic rings. The van der Waals surface area contributed by atoms with E-state index >= 15 is 0 Å². The monoisotopic (exact) mass is 371 g/mol. The lowest BCUT2D eigenvalue weighted by Crippen LogP contribution is -2.38. The maximum absolute atomic E-state index is 12.4. The zero-order valence-electron chi connectivity index (χ0n) is 14.9. The number of hydrogen-bond acceptors (Lipinski definition) is 5. The van der Waals surface area contributed by atoms with Crippen LogP contribution in [0.15, 0.2) is 46.2 Å². The predicted octanol–water partition coefficient (Wildman–Crippen LogP) is 3.58. The third kappa shape index (κ3) is 4.02. The Kier molecular flexibility index (Phi) is 5.53. The minimum Gasteiger partial charge on any atom is -0.390 e. The molecule has 0 spiro atoms. The van der Waals surface area contributed by atoms with Gasteiger partial charge in [-0.25, -0.2) is 0 Å². The van der Waals surface area contributed by atoms with Crippen molar-refractivity contribution in [2.24, 2.45) is 0 Å². The summed E-state index contributed by atoms with van der Waals surface area (Å²) in [6.07, 6.45) is 5.56. The first-order valence-corrected chi connectivity index (χ1v) is 9.45. The molecule has 1 aromatic heterocycles. The standard InChI is InChI=1S/C20H25N3O2S/c1-2-20(25)10-7-14(8-11-20)23-16-9-12-22-19(24)17(16)18(21)13-3-5-15(26)6-4-13/h3-6,9,12,14,21,25-26H,2,7-8,10-11H2,1H3,(H2,22,23,24). The first kappa shape index (κ1) is 18.7. The van der Waals surface area contributed by atoms with Gasteiger partial charge in [-0.15, -0.1) is 12.6 Å². The van der Waals surface area contributed by atoms with Crippen LogP contribution in [0.1, 0.15) is 50.2 Å². The normalized spacial score (nSPS) is 22.8. The number of nitrogens with one attached hydrogen (secondary N) is 3. The Morgan fingerprint density at radius 1 is 1.31 bits per heavy atom. The number of rotatable bonds is 5. The molecule has 3 rings (SSSR count). The van der Waals surface area contributed by atoms with E-state index in [0.29, 0.717) is 16.8 Å². The molecule has 0 saturated heterocycles. The number of hydrogen-bond donors (Lipinski definition) is 5. The smallest absolute Gasteiger partial charge is 0.259 e. The van der Waals surface area contributed by atoms with Crippen LogP contribution in [0.5, 0.6) is 0 Å². The zero-order chi connectivity index (χ0) is 18.7. The predicted molar refractivity (Wildman–Crippen MR) is 108 cm³/mol. The molecular formula is C20H25N3O2S. The summed E-state index contributed by atoms with van der Waals surface area (Å²) in [6, 6.07) is 9.20. The van der Waals surface area contributed by atoms with Crippen molar-refractivity contribution in [2.45, 2.75) is 55.6 Å². The highest BCUT2D eigenvalue weighted by molar-refractivity contribution is 7.80. The summed E-state index contributed by atoms with van der Waals surface area (Å²) in [4.78, 5) is 15.9. The van der Waals surface area contributed by atoms with Gasteiger partial charge in [0, 0.05) is 22.7 Å². The minimum absolute atomic E-state index is 0.184. The molecule has 0 amide bonds. The molecule has 0 aliphatic heterocycles. The molecule has 0 atom stereocenters. The van der Waals surface area contributed by atoms with Gasteiger partial charge in [0.05, 0.1) is 22.6 Å². The van der Waals surface area contributed by atoms with Crippen molar-refractivity contribution in [2.75, 3.05) is 5.32 Å². The lowest BCUT2D eigenvalue weighted by atomic mass is 9.80. The number of H-pyrrole nitrogens is 1. The van der Waals surface area contributed by atoms with Gasteiger partial charge in [-0.2, -0.15) is 0 Å². The van der Waals surface area contributed by atoms with Crippen LogP contribution >= 0.6 is 12.6 Å². The third-order valence-electron chi connectivity index (χ3n) is 5.30. The molecular weight excluding hydrogens is 346 g/mol. The Morgan fingerprint density at radius 3 is 2.58 bits per heavy atom. The van der Waals surface area contributed by atoms with E-state index < -0.39 is 5.60 Å². The fourth-order valence-electron chi connectivity index (χ4n) is 3.49. The Bertz CT molecular complexity index is 837. The van der Waals surface area contributed by atoms with Gasteiger partial charge in [-0.1, -0.05) is 19.1 Å². The van der Waals surface area contributed by atoms with Crippen LogP contribution in [-0.4, -0.2) is 27.4 Å². The van der Waals surface area contributed by atoms with Gasteiger partial charge < -0.3 is 15.4 Å². The Balaban J connectivity index is 1.83. The summed E-state index contributed by atoms with van der Waals surface area (Å²) >= 11 is 4.27. The molecule has 1 aliphatic rings. The maximum Gasteiger partial charge on any atom is 0.259 e. The highest BCUT2D eigenvalue weighted by atomic mass is 32.1. The highest BCUT2D eigenvalue weighted by Gasteiger charge is 2.31. The summed E-state index contributed by atoms with van der Waals surface area (Å²) in [5, 5.41) is 22.3. The summed E-state index contributed by atoms with van der Waals surface area (Å²) in [5.74, 6) is 0. The van der Waals surface area contributed by atoms with Gasteiger partial charge >= 0.3 is 0 Å². The van der Waals surface area contributed by atoms with Crippen molar-refractivity contribution in [1.29, 1.82) is 5.41 Å².